The van der Waals surface area contributed by atoms with Crippen LogP contribution in [0.4, 0.5) is 11.4 Å². The first-order valence-electron chi connectivity index (χ1n) is 10.6. The number of amides is 2. The molecule has 0 saturated carbocycles. The maximum Gasteiger partial charge on any atom is 0.353 e. The van der Waals surface area contributed by atoms with Crippen molar-refractivity contribution < 1.29 is 19.2 Å². The van der Waals surface area contributed by atoms with E-state index in [1.165, 1.54) is 4.90 Å². The number of imide groups is 1. The molecule has 3 aromatic carbocycles. The van der Waals surface area contributed by atoms with Crippen LogP contribution >= 0.6 is 0 Å². The largest absolute Gasteiger partial charge is 0.353 e. The average Bonchev–Trinajstić information content (AvgIpc) is 3.17. The molecule has 0 spiro atoms. The molecule has 8 nitrogen and oxygen atoms in total. The lowest BCUT2D eigenvalue weighted by Gasteiger charge is -2.16. The summed E-state index contributed by atoms with van der Waals surface area (Å²) in [6, 6.07) is 19.8. The topological polar surface area (TPSA) is 114 Å². The predicted molar refractivity (Wildman–Crippen MR) is 121 cm³/mol. The lowest BCUT2D eigenvalue weighted by Crippen LogP contribution is -2.33. The highest BCUT2D eigenvalue weighted by Crippen LogP contribution is 2.36. The molecule has 2 N–H and O–H groups in total. The summed E-state index contributed by atoms with van der Waals surface area (Å²) in [5, 5.41) is 7.55. The summed E-state index contributed by atoms with van der Waals surface area (Å²) in [5.74, 6) is -1.00. The lowest BCUT2D eigenvalue weighted by molar-refractivity contribution is -0.146. The fourth-order valence-corrected chi connectivity index (χ4v) is 4.07. The fraction of sp³-hybridized carbons (Fsp3) is 0.160. The lowest BCUT2D eigenvalue weighted by atomic mass is 9.93. The zero-order valence-electron chi connectivity index (χ0n) is 17.6. The van der Waals surface area contributed by atoms with Crippen LogP contribution in [0.1, 0.15) is 18.4 Å². The maximum atomic E-state index is 12.0. The van der Waals surface area contributed by atoms with Crippen molar-refractivity contribution in [1.82, 2.24) is 0 Å². The molecule has 0 aliphatic carbocycles. The molecule has 8 heteroatoms. The fourth-order valence-electron chi connectivity index (χ4n) is 4.07. The first-order chi connectivity index (χ1) is 16.0. The van der Waals surface area contributed by atoms with Gasteiger partial charge in [0, 0.05) is 18.1 Å². The van der Waals surface area contributed by atoms with Gasteiger partial charge in [-0.15, -0.1) is 5.11 Å². The Morgan fingerprint density at radius 2 is 1.45 bits per heavy atom. The third kappa shape index (κ3) is 4.04. The second-order valence-corrected chi connectivity index (χ2v) is 8.00. The maximum absolute atomic E-state index is 12.0. The zero-order chi connectivity index (χ0) is 22.9. The molecular formula is C25H20N4O4. The molecule has 2 amide bonds. The highest BCUT2D eigenvalue weighted by molar-refractivity contribution is 6.19. The van der Waals surface area contributed by atoms with E-state index in [4.69, 9.17) is 10.6 Å². The van der Waals surface area contributed by atoms with Crippen molar-refractivity contribution in [2.24, 2.45) is 16.1 Å². The number of nitrogens with two attached hydrogens (primary N) is 1. The molecule has 33 heavy (non-hydrogen) atoms. The van der Waals surface area contributed by atoms with Crippen molar-refractivity contribution >= 4 is 29.2 Å². The minimum absolute atomic E-state index is 0.180. The molecule has 1 fully saturated rings. The molecule has 6 rings (SSSR count). The second kappa shape index (κ2) is 8.40. The summed E-state index contributed by atoms with van der Waals surface area (Å²) in [5.41, 5.74) is 11.6. The Kier molecular flexibility index (Phi) is 5.27. The van der Waals surface area contributed by atoms with Gasteiger partial charge >= 0.3 is 5.97 Å². The molecule has 3 aliphatic heterocycles. The number of carbonyl (C=O) groups is 3. The summed E-state index contributed by atoms with van der Waals surface area (Å²) in [6.45, 7) is 0. The summed E-state index contributed by atoms with van der Waals surface area (Å²) in [6.07, 6.45) is 0.822. The van der Waals surface area contributed by atoms with Crippen molar-refractivity contribution in [3.8, 4) is 22.3 Å². The number of hydrogen-bond donors (Lipinski definition) is 1. The summed E-state index contributed by atoms with van der Waals surface area (Å²) in [7, 11) is 0. The van der Waals surface area contributed by atoms with Crippen LogP contribution in [0.2, 0.25) is 0 Å². The molecule has 1 saturated heterocycles. The molecule has 1 unspecified atom stereocenters. The van der Waals surface area contributed by atoms with Crippen molar-refractivity contribution in [2.45, 2.75) is 25.3 Å². The Bertz CT molecular complexity index is 1270. The van der Waals surface area contributed by atoms with Gasteiger partial charge in [-0.1, -0.05) is 42.5 Å². The Hall–Kier alpha value is -4.17. The van der Waals surface area contributed by atoms with E-state index in [9.17, 15) is 14.4 Å². The van der Waals surface area contributed by atoms with Crippen LogP contribution in [0, 0.1) is 0 Å². The van der Waals surface area contributed by atoms with Gasteiger partial charge in [0.25, 0.3) is 0 Å². The molecule has 1 atom stereocenters. The average molecular weight is 440 g/mol. The van der Waals surface area contributed by atoms with E-state index in [0.29, 0.717) is 17.8 Å². The minimum atomic E-state index is -0.831. The second-order valence-electron chi connectivity index (χ2n) is 8.00. The van der Waals surface area contributed by atoms with Gasteiger partial charge < -0.3 is 5.73 Å². The van der Waals surface area contributed by atoms with Gasteiger partial charge in [0.1, 0.15) is 6.04 Å². The molecule has 3 aliphatic rings. The van der Waals surface area contributed by atoms with Crippen LogP contribution in [0.15, 0.2) is 77.1 Å². The van der Waals surface area contributed by atoms with Crippen molar-refractivity contribution in [3.63, 3.8) is 0 Å². The highest BCUT2D eigenvalue weighted by atomic mass is 16.7. The third-order valence-electron chi connectivity index (χ3n) is 5.80. The summed E-state index contributed by atoms with van der Waals surface area (Å²) < 4.78 is 0. The van der Waals surface area contributed by atoms with E-state index >= 15 is 0 Å². The Morgan fingerprint density at radius 1 is 0.818 bits per heavy atom. The molecule has 0 radical (unpaired) electrons. The quantitative estimate of drug-likeness (QED) is 0.603. The zero-order valence-corrected chi connectivity index (χ0v) is 17.6. The van der Waals surface area contributed by atoms with E-state index in [0.717, 1.165) is 27.8 Å². The number of nitrogens with zero attached hydrogens (tertiary/aromatic N) is 3. The molecule has 3 heterocycles. The van der Waals surface area contributed by atoms with E-state index < -0.39 is 12.0 Å². The Morgan fingerprint density at radius 3 is 2.15 bits per heavy atom. The smallest absolute Gasteiger partial charge is 0.318 e. The summed E-state index contributed by atoms with van der Waals surface area (Å²) >= 11 is 0. The number of carbonyl (C=O) groups excluding carboxylic acids is 3. The first kappa shape index (κ1) is 20.7. The van der Waals surface area contributed by atoms with Crippen LogP contribution < -0.4 is 10.6 Å². The number of fused-ring (bicyclic) bond motifs is 6. The molecule has 0 aromatic heterocycles. The van der Waals surface area contributed by atoms with Gasteiger partial charge in [-0.05, 0) is 58.5 Å². The number of benzene rings is 3. The molecule has 164 valence electrons. The van der Waals surface area contributed by atoms with E-state index in [1.54, 1.807) is 18.2 Å². The third-order valence-corrected chi connectivity index (χ3v) is 5.80. The van der Waals surface area contributed by atoms with Crippen molar-refractivity contribution in [1.29, 1.82) is 0 Å². The van der Waals surface area contributed by atoms with Gasteiger partial charge in [-0.3, -0.25) is 19.3 Å². The van der Waals surface area contributed by atoms with E-state index in [2.05, 4.69) is 10.4 Å². The first-order valence-corrected chi connectivity index (χ1v) is 10.6. The molecular weight excluding hydrogens is 420 g/mol. The standard InChI is InChI=1S/C25H20N4O4/c26-22-13-15-1-3-17(4-2-15)21-14-18(27-28-33-25(22)32)7-10-20(21)16-5-8-19(9-6-16)29-23(30)11-12-24(29)31/h1-10,14,22H,11-13,26H2. The predicted octanol–water partition coefficient (Wildman–Crippen LogP) is 4.10. The van der Waals surface area contributed by atoms with E-state index in [-0.39, 0.29) is 24.7 Å². The van der Waals surface area contributed by atoms with Gasteiger partial charge in [0.2, 0.25) is 11.8 Å². The molecule has 3 aromatic rings. The SMILES string of the molecule is NC1Cc2ccc(cc2)-c2cc(ccc2-c2ccc(N3C(=O)CCC3=O)cc2)N=NOC1=O. The van der Waals surface area contributed by atoms with Gasteiger partial charge in [-0.2, -0.15) is 0 Å². The number of anilines is 1. The Balaban J connectivity index is 1.56. The van der Waals surface area contributed by atoms with E-state index in [1.807, 2.05) is 48.5 Å². The highest BCUT2D eigenvalue weighted by Gasteiger charge is 2.30. The van der Waals surface area contributed by atoms with Gasteiger partial charge in [0.05, 0.1) is 11.4 Å². The van der Waals surface area contributed by atoms with Crippen LogP contribution in [-0.4, -0.2) is 23.8 Å². The van der Waals surface area contributed by atoms with Crippen molar-refractivity contribution in [3.05, 3.63) is 72.3 Å². The summed E-state index contributed by atoms with van der Waals surface area (Å²) in [4.78, 5) is 42.2. The van der Waals surface area contributed by atoms with Gasteiger partial charge in [0.15, 0.2) is 0 Å². The molecule has 4 bridgehead atoms. The van der Waals surface area contributed by atoms with Crippen molar-refractivity contribution in [2.75, 3.05) is 4.90 Å². The number of hydrogen-bond acceptors (Lipinski definition) is 7. The number of rotatable bonds is 2. The van der Waals surface area contributed by atoms with Crippen LogP contribution in [0.25, 0.3) is 22.3 Å². The monoisotopic (exact) mass is 440 g/mol. The minimum Gasteiger partial charge on any atom is -0.318 e. The van der Waals surface area contributed by atoms with Crippen LogP contribution in [-0.2, 0) is 25.6 Å². The van der Waals surface area contributed by atoms with Crippen LogP contribution in [0.3, 0.4) is 0 Å². The normalized spacial score (nSPS) is 18.0. The Labute approximate surface area is 189 Å². The van der Waals surface area contributed by atoms with Gasteiger partial charge in [-0.25, -0.2) is 4.79 Å². The van der Waals surface area contributed by atoms with Crippen LogP contribution in [0.5, 0.6) is 0 Å².